The Morgan fingerprint density at radius 3 is 2.82 bits per heavy atom. The molecule has 0 saturated carbocycles. The molecule has 1 amide bonds. The molecule has 0 aromatic heterocycles. The number of cyclic esters (lactones) is 1. The van der Waals surface area contributed by atoms with Crippen LogP contribution in [0, 0.1) is 0 Å². The topological polar surface area (TPSA) is 55.8 Å². The van der Waals surface area contributed by atoms with Crippen LogP contribution >= 0.6 is 0 Å². The highest BCUT2D eigenvalue weighted by molar-refractivity contribution is 5.80. The smallest absolute Gasteiger partial charge is 0.412 e. The summed E-state index contributed by atoms with van der Waals surface area (Å²) in [5.74, 6) is -0.400. The van der Waals surface area contributed by atoms with E-state index in [-0.39, 0.29) is 6.54 Å². The van der Waals surface area contributed by atoms with Crippen LogP contribution in [-0.2, 0) is 14.3 Å². The molecule has 0 N–H and O–H groups in total. The first-order valence-corrected chi connectivity index (χ1v) is 3.19. The highest BCUT2D eigenvalue weighted by Crippen LogP contribution is 2.10. The molecule has 1 aliphatic rings. The monoisotopic (exact) mass is 159 g/mol. The van der Waals surface area contributed by atoms with Crippen molar-refractivity contribution >= 4 is 12.1 Å². The third kappa shape index (κ3) is 1.42. The number of esters is 1. The van der Waals surface area contributed by atoms with Gasteiger partial charge in [-0.3, -0.25) is 9.69 Å². The molecule has 0 radical (unpaired) electrons. The van der Waals surface area contributed by atoms with Gasteiger partial charge in [-0.15, -0.1) is 0 Å². The minimum Gasteiger partial charge on any atom is -0.453 e. The first-order valence-electron chi connectivity index (χ1n) is 3.19. The molecule has 0 aromatic rings. The third-order valence-electron chi connectivity index (χ3n) is 1.45. The van der Waals surface area contributed by atoms with Crippen LogP contribution in [0.1, 0.15) is 6.92 Å². The second-order valence-electron chi connectivity index (χ2n) is 2.19. The Balaban J connectivity index is 2.59. The maximum Gasteiger partial charge on any atom is 0.412 e. The van der Waals surface area contributed by atoms with Gasteiger partial charge in [0.15, 0.2) is 6.23 Å². The van der Waals surface area contributed by atoms with Crippen molar-refractivity contribution in [1.82, 2.24) is 4.90 Å². The van der Waals surface area contributed by atoms with Gasteiger partial charge < -0.3 is 9.47 Å². The summed E-state index contributed by atoms with van der Waals surface area (Å²) >= 11 is 0. The number of carbonyl (C=O) groups excluding carboxylic acids is 2. The van der Waals surface area contributed by atoms with Crippen LogP contribution in [-0.4, -0.2) is 36.8 Å². The lowest BCUT2D eigenvalue weighted by molar-refractivity contribution is -0.140. The summed E-state index contributed by atoms with van der Waals surface area (Å²) < 4.78 is 9.09. The van der Waals surface area contributed by atoms with E-state index in [2.05, 4.69) is 9.47 Å². The van der Waals surface area contributed by atoms with Crippen LogP contribution < -0.4 is 0 Å². The lowest BCUT2D eigenvalue weighted by Crippen LogP contribution is -2.34. The first-order chi connectivity index (χ1) is 5.15. The van der Waals surface area contributed by atoms with E-state index in [1.807, 2.05) is 0 Å². The van der Waals surface area contributed by atoms with E-state index < -0.39 is 18.3 Å². The van der Waals surface area contributed by atoms with Crippen molar-refractivity contribution in [2.75, 3.05) is 13.7 Å². The number of amides is 1. The number of carbonyl (C=O) groups is 2. The summed E-state index contributed by atoms with van der Waals surface area (Å²) in [6.07, 6.45) is -1.04. The fourth-order valence-corrected chi connectivity index (χ4v) is 0.889. The van der Waals surface area contributed by atoms with Crippen molar-refractivity contribution in [3.8, 4) is 0 Å². The third-order valence-corrected chi connectivity index (χ3v) is 1.45. The van der Waals surface area contributed by atoms with E-state index in [1.54, 1.807) is 6.92 Å². The lowest BCUT2D eigenvalue weighted by Gasteiger charge is -2.15. The Labute approximate surface area is 63.9 Å². The SMILES string of the molecule is COC(=O)N1CC(=O)OC1C. The van der Waals surface area contributed by atoms with Crippen LogP contribution in [0.25, 0.3) is 0 Å². The second-order valence-corrected chi connectivity index (χ2v) is 2.19. The molecule has 1 fully saturated rings. The lowest BCUT2D eigenvalue weighted by atomic mass is 10.5. The van der Waals surface area contributed by atoms with Gasteiger partial charge in [-0.25, -0.2) is 4.79 Å². The highest BCUT2D eigenvalue weighted by Gasteiger charge is 2.32. The number of nitrogens with zero attached hydrogens (tertiary/aromatic N) is 1. The molecule has 62 valence electrons. The summed E-state index contributed by atoms with van der Waals surface area (Å²) in [7, 11) is 1.26. The Morgan fingerprint density at radius 2 is 2.45 bits per heavy atom. The van der Waals surface area contributed by atoms with Crippen LogP contribution in [0.2, 0.25) is 0 Å². The average molecular weight is 159 g/mol. The van der Waals surface area contributed by atoms with Crippen molar-refractivity contribution < 1.29 is 19.1 Å². The zero-order valence-electron chi connectivity index (χ0n) is 6.36. The van der Waals surface area contributed by atoms with Gasteiger partial charge in [-0.05, 0) is 6.92 Å². The van der Waals surface area contributed by atoms with Crippen LogP contribution in [0.3, 0.4) is 0 Å². The van der Waals surface area contributed by atoms with Gasteiger partial charge in [0.2, 0.25) is 0 Å². The molecule has 0 aromatic carbocycles. The van der Waals surface area contributed by atoms with Gasteiger partial charge in [-0.1, -0.05) is 0 Å². The fourth-order valence-electron chi connectivity index (χ4n) is 0.889. The van der Waals surface area contributed by atoms with Crippen LogP contribution in [0.5, 0.6) is 0 Å². The maximum atomic E-state index is 10.8. The largest absolute Gasteiger partial charge is 0.453 e. The maximum absolute atomic E-state index is 10.8. The Morgan fingerprint density at radius 1 is 1.82 bits per heavy atom. The highest BCUT2D eigenvalue weighted by atomic mass is 16.6. The number of ether oxygens (including phenoxy) is 2. The standard InChI is InChI=1S/C6H9NO4/c1-4-7(6(9)10-2)3-5(8)11-4/h4H,3H2,1-2H3. The minimum atomic E-state index is -0.539. The van der Waals surface area contributed by atoms with E-state index in [1.165, 1.54) is 12.0 Å². The van der Waals surface area contributed by atoms with Crippen LogP contribution in [0.15, 0.2) is 0 Å². The summed E-state index contributed by atoms with van der Waals surface area (Å²) in [6.45, 7) is 1.59. The van der Waals surface area contributed by atoms with Gasteiger partial charge in [0, 0.05) is 0 Å². The quantitative estimate of drug-likeness (QED) is 0.465. The summed E-state index contributed by atoms with van der Waals surface area (Å²) in [4.78, 5) is 22.7. The van der Waals surface area contributed by atoms with Crippen molar-refractivity contribution in [1.29, 1.82) is 0 Å². The first kappa shape index (κ1) is 7.84. The molecule has 1 rings (SSSR count). The zero-order valence-corrected chi connectivity index (χ0v) is 6.36. The number of hydrogen-bond donors (Lipinski definition) is 0. The molecule has 0 spiro atoms. The molecule has 1 unspecified atom stereocenters. The Kier molecular flexibility index (Phi) is 1.98. The molecule has 5 nitrogen and oxygen atoms in total. The van der Waals surface area contributed by atoms with Gasteiger partial charge in [0.25, 0.3) is 0 Å². The molecule has 0 bridgehead atoms. The molecule has 5 heteroatoms. The molecular weight excluding hydrogens is 150 g/mol. The van der Waals surface area contributed by atoms with E-state index in [0.29, 0.717) is 0 Å². The van der Waals surface area contributed by atoms with Gasteiger partial charge in [0.1, 0.15) is 6.54 Å². The normalized spacial score (nSPS) is 23.3. The second kappa shape index (κ2) is 2.77. The van der Waals surface area contributed by atoms with E-state index >= 15 is 0 Å². The average Bonchev–Trinajstić information content (AvgIpc) is 2.28. The Bertz CT molecular complexity index is 191. The summed E-state index contributed by atoms with van der Waals surface area (Å²) in [5, 5.41) is 0. The summed E-state index contributed by atoms with van der Waals surface area (Å²) in [5.41, 5.74) is 0. The minimum absolute atomic E-state index is 0.0200. The predicted octanol–water partition coefficient (Wildman–Crippen LogP) is -0.0424. The van der Waals surface area contributed by atoms with E-state index in [4.69, 9.17) is 0 Å². The van der Waals surface area contributed by atoms with Gasteiger partial charge in [0.05, 0.1) is 7.11 Å². The number of methoxy groups -OCH3 is 1. The fraction of sp³-hybridized carbons (Fsp3) is 0.667. The van der Waals surface area contributed by atoms with E-state index in [9.17, 15) is 9.59 Å². The van der Waals surface area contributed by atoms with Crippen molar-refractivity contribution in [2.45, 2.75) is 13.2 Å². The van der Waals surface area contributed by atoms with Crippen LogP contribution in [0.4, 0.5) is 4.79 Å². The molecule has 1 saturated heterocycles. The van der Waals surface area contributed by atoms with Gasteiger partial charge in [-0.2, -0.15) is 0 Å². The zero-order chi connectivity index (χ0) is 8.43. The molecule has 0 aliphatic carbocycles. The van der Waals surface area contributed by atoms with E-state index in [0.717, 1.165) is 0 Å². The van der Waals surface area contributed by atoms with Crippen molar-refractivity contribution in [2.24, 2.45) is 0 Å². The number of rotatable bonds is 0. The molecule has 1 aliphatic heterocycles. The number of hydrogen-bond acceptors (Lipinski definition) is 4. The summed E-state index contributed by atoms with van der Waals surface area (Å²) in [6, 6.07) is 0. The molecule has 1 atom stereocenters. The predicted molar refractivity (Wildman–Crippen MR) is 34.7 cm³/mol. The molecule has 11 heavy (non-hydrogen) atoms. The van der Waals surface area contributed by atoms with Crippen molar-refractivity contribution in [3.63, 3.8) is 0 Å². The molecular formula is C6H9NO4. The van der Waals surface area contributed by atoms with Crippen molar-refractivity contribution in [3.05, 3.63) is 0 Å². The van der Waals surface area contributed by atoms with Gasteiger partial charge >= 0.3 is 12.1 Å². The Hall–Kier alpha value is -1.26. The molecule has 1 heterocycles.